The third kappa shape index (κ3) is 8.58. The van der Waals surface area contributed by atoms with E-state index in [1.54, 1.807) is 0 Å². The Kier molecular flexibility index (Phi) is 11.5. The summed E-state index contributed by atoms with van der Waals surface area (Å²) in [6.45, 7) is -1.06. The molecular formula is C30H18F10O4. The van der Waals surface area contributed by atoms with Crippen LogP contribution in [-0.2, 0) is 9.59 Å². The lowest BCUT2D eigenvalue weighted by molar-refractivity contribution is -0.144. The molecular weight excluding hydrogens is 614 g/mol. The number of carbonyl (C=O) groups excluding carboxylic acids is 2. The van der Waals surface area contributed by atoms with Crippen molar-refractivity contribution in [1.29, 1.82) is 0 Å². The lowest BCUT2D eigenvalue weighted by atomic mass is 10.0. The number of carbonyl (C=O) groups is 2. The van der Waals surface area contributed by atoms with Crippen molar-refractivity contribution in [2.24, 2.45) is 0 Å². The average molecular weight is 632 g/mol. The molecule has 0 spiro atoms. The number of halogens is 10. The van der Waals surface area contributed by atoms with Crippen LogP contribution in [-0.4, -0.2) is 25.3 Å². The van der Waals surface area contributed by atoms with Crippen LogP contribution in [0.2, 0.25) is 0 Å². The van der Waals surface area contributed by atoms with Crippen molar-refractivity contribution in [1.82, 2.24) is 0 Å². The van der Waals surface area contributed by atoms with Crippen LogP contribution in [0.3, 0.4) is 0 Å². The molecule has 44 heavy (non-hydrogen) atoms. The van der Waals surface area contributed by atoms with Crippen LogP contribution in [0.4, 0.5) is 43.9 Å². The molecule has 0 aliphatic heterocycles. The first-order valence-electron chi connectivity index (χ1n) is 12.3. The number of benzene rings is 4. The normalized spacial score (nSPS) is 10.6. The number of esters is 2. The fourth-order valence-corrected chi connectivity index (χ4v) is 3.51. The zero-order valence-corrected chi connectivity index (χ0v) is 22.0. The van der Waals surface area contributed by atoms with Gasteiger partial charge in [0.25, 0.3) is 0 Å². The Hall–Kier alpha value is -4.88. The van der Waals surface area contributed by atoms with Crippen LogP contribution in [0.1, 0.15) is 12.8 Å². The minimum atomic E-state index is -1.73. The molecule has 4 aromatic rings. The summed E-state index contributed by atoms with van der Waals surface area (Å²) in [5, 5.41) is 0. The third-order valence-electron chi connectivity index (χ3n) is 5.49. The van der Waals surface area contributed by atoms with Gasteiger partial charge in [-0.2, -0.15) is 0 Å². The number of ether oxygens (including phenoxy) is 2. The summed E-state index contributed by atoms with van der Waals surface area (Å²) in [6.07, 6.45) is -0.949. The van der Waals surface area contributed by atoms with Crippen LogP contribution in [0, 0.1) is 46.5 Å². The molecule has 0 unspecified atom stereocenters. The standard InChI is InChI=1S/C27H12F8O4.C3H6F2/c28-18-9-14(1-3-16(18)12-5-20(30)26(34)21(31)6-12)38-24(36)11-25(37)39-15-2-4-17(19(29)10-15)13-7-22(32)27(35)23(33)8-13;4-2-1-3-5/h1-10H,11H2;1-3H2. The van der Waals surface area contributed by atoms with Gasteiger partial charge in [-0.15, -0.1) is 0 Å². The van der Waals surface area contributed by atoms with E-state index in [2.05, 4.69) is 0 Å². The maximum absolute atomic E-state index is 14.4. The van der Waals surface area contributed by atoms with Crippen molar-refractivity contribution in [3.05, 3.63) is 107 Å². The monoisotopic (exact) mass is 632 g/mol. The summed E-state index contributed by atoms with van der Waals surface area (Å²) in [5.41, 5.74) is -1.30. The van der Waals surface area contributed by atoms with Crippen LogP contribution in [0.5, 0.6) is 11.5 Å². The molecule has 0 heterocycles. The Morgan fingerprint density at radius 2 is 0.841 bits per heavy atom. The predicted octanol–water partition coefficient (Wildman–Crippen LogP) is 8.35. The first-order chi connectivity index (χ1) is 20.8. The lowest BCUT2D eigenvalue weighted by Crippen LogP contribution is -2.18. The second-order valence-electron chi connectivity index (χ2n) is 8.65. The van der Waals surface area contributed by atoms with Crippen LogP contribution in [0.25, 0.3) is 22.3 Å². The topological polar surface area (TPSA) is 52.6 Å². The molecule has 0 bridgehead atoms. The zero-order valence-electron chi connectivity index (χ0n) is 22.0. The fourth-order valence-electron chi connectivity index (χ4n) is 3.51. The molecule has 0 amide bonds. The predicted molar refractivity (Wildman–Crippen MR) is 136 cm³/mol. The van der Waals surface area contributed by atoms with Gasteiger partial charge >= 0.3 is 11.9 Å². The van der Waals surface area contributed by atoms with Gasteiger partial charge in [0.05, 0.1) is 13.3 Å². The molecule has 0 aliphatic rings. The van der Waals surface area contributed by atoms with Crippen molar-refractivity contribution in [2.75, 3.05) is 13.3 Å². The van der Waals surface area contributed by atoms with Crippen LogP contribution < -0.4 is 9.47 Å². The van der Waals surface area contributed by atoms with E-state index in [9.17, 15) is 53.5 Å². The summed E-state index contributed by atoms with van der Waals surface area (Å²) >= 11 is 0. The molecule has 0 radical (unpaired) electrons. The quantitative estimate of drug-likeness (QED) is 0.0645. The van der Waals surface area contributed by atoms with Gasteiger partial charge in [0.15, 0.2) is 34.9 Å². The van der Waals surface area contributed by atoms with E-state index in [4.69, 9.17) is 9.47 Å². The Morgan fingerprint density at radius 1 is 0.500 bits per heavy atom. The van der Waals surface area contributed by atoms with E-state index >= 15 is 0 Å². The second-order valence-corrected chi connectivity index (χ2v) is 8.65. The molecule has 0 aromatic heterocycles. The molecule has 0 saturated carbocycles. The number of hydrogen-bond acceptors (Lipinski definition) is 4. The van der Waals surface area contributed by atoms with E-state index in [-0.39, 0.29) is 40.2 Å². The van der Waals surface area contributed by atoms with E-state index in [1.807, 2.05) is 0 Å². The van der Waals surface area contributed by atoms with E-state index < -0.39 is 78.2 Å². The highest BCUT2D eigenvalue weighted by Gasteiger charge is 2.19. The minimum absolute atomic E-state index is 0.0556. The van der Waals surface area contributed by atoms with Gasteiger partial charge in [-0.25, -0.2) is 35.1 Å². The minimum Gasteiger partial charge on any atom is -0.426 e. The first kappa shape index (κ1) is 33.6. The second kappa shape index (κ2) is 15.0. The maximum atomic E-state index is 14.4. The van der Waals surface area contributed by atoms with Gasteiger partial charge in [-0.1, -0.05) is 0 Å². The summed E-state index contributed by atoms with van der Waals surface area (Å²) in [4.78, 5) is 24.1. The molecule has 14 heteroatoms. The van der Waals surface area contributed by atoms with Crippen molar-refractivity contribution >= 4 is 11.9 Å². The van der Waals surface area contributed by atoms with Crippen LogP contribution in [0.15, 0.2) is 60.7 Å². The van der Waals surface area contributed by atoms with Gasteiger partial charge in [0.1, 0.15) is 29.6 Å². The molecule has 4 rings (SSSR count). The number of rotatable bonds is 8. The van der Waals surface area contributed by atoms with Gasteiger partial charge in [0, 0.05) is 29.7 Å². The Morgan fingerprint density at radius 3 is 1.11 bits per heavy atom. The van der Waals surface area contributed by atoms with Gasteiger partial charge in [0.2, 0.25) is 0 Å². The highest BCUT2D eigenvalue weighted by Crippen LogP contribution is 2.30. The molecule has 0 atom stereocenters. The van der Waals surface area contributed by atoms with Crippen molar-refractivity contribution in [2.45, 2.75) is 12.8 Å². The summed E-state index contributed by atoms with van der Waals surface area (Å²) in [7, 11) is 0. The van der Waals surface area contributed by atoms with Crippen molar-refractivity contribution in [3.63, 3.8) is 0 Å². The summed E-state index contributed by atoms with van der Waals surface area (Å²) in [5.74, 6) is -14.9. The van der Waals surface area contributed by atoms with Crippen LogP contribution >= 0.6 is 0 Å². The first-order valence-corrected chi connectivity index (χ1v) is 12.3. The van der Waals surface area contributed by atoms with E-state index in [0.717, 1.165) is 24.3 Å². The molecule has 0 N–H and O–H groups in total. The van der Waals surface area contributed by atoms with Crippen molar-refractivity contribution in [3.8, 4) is 33.8 Å². The molecule has 0 aliphatic carbocycles. The van der Waals surface area contributed by atoms with Gasteiger partial charge in [-0.05, 0) is 59.7 Å². The highest BCUT2D eigenvalue weighted by atomic mass is 19.2. The summed E-state index contributed by atoms with van der Waals surface area (Å²) < 4.78 is 140. The Bertz CT molecular complexity index is 1510. The molecule has 232 valence electrons. The highest BCUT2D eigenvalue weighted by molar-refractivity contribution is 5.93. The Balaban J connectivity index is 0.000000978. The SMILES string of the molecule is FCCCF.O=C(CC(=O)Oc1ccc(-c2cc(F)c(F)c(F)c2)c(F)c1)Oc1ccc(-c2cc(F)c(F)c(F)c2)c(F)c1. The lowest BCUT2D eigenvalue weighted by Gasteiger charge is -2.09. The Labute approximate surface area is 242 Å². The van der Waals surface area contributed by atoms with Crippen molar-refractivity contribution < 1.29 is 63.0 Å². The van der Waals surface area contributed by atoms with E-state index in [1.165, 1.54) is 0 Å². The number of alkyl halides is 2. The average Bonchev–Trinajstić information content (AvgIpc) is 2.95. The fraction of sp³-hybridized carbons (Fsp3) is 0.133. The summed E-state index contributed by atoms with van der Waals surface area (Å²) in [6, 6.07) is 7.78. The smallest absolute Gasteiger partial charge is 0.322 e. The maximum Gasteiger partial charge on any atom is 0.322 e. The zero-order chi connectivity index (χ0) is 32.6. The largest absolute Gasteiger partial charge is 0.426 e. The van der Waals surface area contributed by atoms with Gasteiger partial charge < -0.3 is 9.47 Å². The third-order valence-corrected chi connectivity index (χ3v) is 5.49. The molecule has 4 nitrogen and oxygen atoms in total. The number of hydrogen-bond donors (Lipinski definition) is 0. The van der Waals surface area contributed by atoms with E-state index in [0.29, 0.717) is 36.4 Å². The molecule has 0 fully saturated rings. The van der Waals surface area contributed by atoms with Gasteiger partial charge in [-0.3, -0.25) is 18.4 Å². The molecule has 0 saturated heterocycles. The molecule has 4 aromatic carbocycles.